The maximum absolute atomic E-state index is 13.2. The first kappa shape index (κ1) is 12.4. The number of fused-ring (bicyclic) bond motifs is 3. The van der Waals surface area contributed by atoms with E-state index in [1.165, 1.54) is 6.07 Å². The van der Waals surface area contributed by atoms with Crippen LogP contribution < -0.4 is 15.4 Å². The lowest BCUT2D eigenvalue weighted by Gasteiger charge is -2.39. The van der Waals surface area contributed by atoms with Crippen LogP contribution >= 0.6 is 0 Å². The lowest BCUT2D eigenvalue weighted by molar-refractivity contribution is -0.268. The number of rotatable bonds is 0. The summed E-state index contributed by atoms with van der Waals surface area (Å²) in [5.74, 6) is 0.344. The Labute approximate surface area is 107 Å². The molecule has 0 bridgehead atoms. The van der Waals surface area contributed by atoms with E-state index in [9.17, 15) is 18.3 Å². The van der Waals surface area contributed by atoms with Crippen LogP contribution in [0, 0.1) is 0 Å². The molecule has 0 saturated carbocycles. The van der Waals surface area contributed by atoms with Crippen LogP contribution in [0.4, 0.5) is 24.5 Å². The highest BCUT2D eigenvalue weighted by Gasteiger charge is 2.58. The molecular weight excluding hydrogens is 261 g/mol. The van der Waals surface area contributed by atoms with Crippen molar-refractivity contribution < 1.29 is 23.0 Å². The van der Waals surface area contributed by atoms with Crippen molar-refractivity contribution in [3.8, 4) is 5.75 Å². The van der Waals surface area contributed by atoms with E-state index in [0.717, 1.165) is 0 Å². The fraction of sp³-hybridized carbons (Fsp3) is 0.500. The molecule has 0 saturated heterocycles. The van der Waals surface area contributed by atoms with Crippen molar-refractivity contribution in [1.82, 2.24) is 0 Å². The molecule has 19 heavy (non-hydrogen) atoms. The van der Waals surface area contributed by atoms with Gasteiger partial charge in [0.2, 0.25) is 0 Å². The van der Waals surface area contributed by atoms with Crippen LogP contribution in [-0.2, 0) is 5.60 Å². The Balaban J connectivity index is 2.23. The summed E-state index contributed by atoms with van der Waals surface area (Å²) in [6.45, 7) is 0.879. The highest BCUT2D eigenvalue weighted by molar-refractivity contribution is 5.76. The van der Waals surface area contributed by atoms with Crippen LogP contribution in [0.25, 0.3) is 0 Å². The van der Waals surface area contributed by atoms with E-state index in [1.807, 2.05) is 0 Å². The lowest BCUT2D eigenvalue weighted by atomic mass is 9.84. The molecule has 0 spiro atoms. The summed E-state index contributed by atoms with van der Waals surface area (Å²) in [5.41, 5.74) is -2.48. The second kappa shape index (κ2) is 3.93. The van der Waals surface area contributed by atoms with Gasteiger partial charge in [0.25, 0.3) is 0 Å². The molecule has 0 aliphatic carbocycles. The molecule has 104 valence electrons. The smallest absolute Gasteiger partial charge is 0.421 e. The number of nitrogens with one attached hydrogen (secondary N) is 2. The highest BCUT2D eigenvalue weighted by Crippen LogP contribution is 2.52. The summed E-state index contributed by atoms with van der Waals surface area (Å²) in [6, 6.07) is 3.12. The molecule has 3 rings (SSSR count). The summed E-state index contributed by atoms with van der Waals surface area (Å²) >= 11 is 0. The van der Waals surface area contributed by atoms with Crippen molar-refractivity contribution in [1.29, 1.82) is 0 Å². The van der Waals surface area contributed by atoms with Gasteiger partial charge >= 0.3 is 6.18 Å². The molecule has 1 aromatic carbocycles. The van der Waals surface area contributed by atoms with Gasteiger partial charge in [-0.1, -0.05) is 0 Å². The fourth-order valence-corrected chi connectivity index (χ4v) is 2.58. The topological polar surface area (TPSA) is 53.5 Å². The number of benzene rings is 1. The van der Waals surface area contributed by atoms with Gasteiger partial charge in [-0.05, 0) is 12.1 Å². The van der Waals surface area contributed by atoms with Crippen molar-refractivity contribution >= 4 is 11.4 Å². The molecule has 0 fully saturated rings. The van der Waals surface area contributed by atoms with Gasteiger partial charge in [0.05, 0.1) is 5.69 Å². The monoisotopic (exact) mass is 274 g/mol. The van der Waals surface area contributed by atoms with Gasteiger partial charge in [0, 0.05) is 30.8 Å². The van der Waals surface area contributed by atoms with E-state index in [4.69, 9.17) is 4.74 Å². The van der Waals surface area contributed by atoms with E-state index in [2.05, 4.69) is 10.6 Å². The maximum atomic E-state index is 13.2. The number of aliphatic hydroxyl groups is 1. The van der Waals surface area contributed by atoms with Gasteiger partial charge < -0.3 is 20.5 Å². The van der Waals surface area contributed by atoms with Gasteiger partial charge in [0.15, 0.2) is 5.60 Å². The van der Waals surface area contributed by atoms with Crippen molar-refractivity contribution in [3.05, 3.63) is 17.7 Å². The number of alkyl halides is 3. The standard InChI is InChI=1S/C12H13F3N2O2/c13-12(14,15)11(18)3-4-16-7-1-2-8-10(9(7)11)17-5-6-19-8/h1-2,16-18H,3-6H2. The molecule has 1 atom stereocenters. The normalized spacial score (nSPS) is 25.5. The molecule has 7 heteroatoms. The van der Waals surface area contributed by atoms with Gasteiger partial charge in [-0.15, -0.1) is 0 Å². The van der Waals surface area contributed by atoms with E-state index in [-0.39, 0.29) is 17.8 Å². The zero-order valence-electron chi connectivity index (χ0n) is 9.97. The van der Waals surface area contributed by atoms with Crippen LogP contribution in [0.3, 0.4) is 0 Å². The van der Waals surface area contributed by atoms with E-state index in [0.29, 0.717) is 24.6 Å². The molecule has 4 nitrogen and oxygen atoms in total. The Bertz CT molecular complexity index is 518. The Morgan fingerprint density at radius 2 is 2.00 bits per heavy atom. The van der Waals surface area contributed by atoms with Gasteiger partial charge in [-0.2, -0.15) is 13.2 Å². The Morgan fingerprint density at radius 3 is 2.74 bits per heavy atom. The van der Waals surface area contributed by atoms with E-state index in [1.54, 1.807) is 6.07 Å². The number of hydrogen-bond acceptors (Lipinski definition) is 4. The summed E-state index contributed by atoms with van der Waals surface area (Å²) in [5, 5.41) is 15.9. The summed E-state index contributed by atoms with van der Waals surface area (Å²) in [6.07, 6.45) is -5.14. The third-order valence-electron chi connectivity index (χ3n) is 3.51. The number of anilines is 2. The van der Waals surface area contributed by atoms with Gasteiger partial charge in [-0.25, -0.2) is 0 Å². The largest absolute Gasteiger partial charge is 0.490 e. The number of hydrogen-bond donors (Lipinski definition) is 3. The molecule has 0 amide bonds. The van der Waals surface area contributed by atoms with E-state index < -0.39 is 18.2 Å². The average molecular weight is 274 g/mol. The Morgan fingerprint density at radius 1 is 1.21 bits per heavy atom. The van der Waals surface area contributed by atoms with Crippen LogP contribution in [0.5, 0.6) is 5.75 Å². The molecule has 2 heterocycles. The number of halogens is 3. The maximum Gasteiger partial charge on any atom is 0.421 e. The molecule has 0 aromatic heterocycles. The van der Waals surface area contributed by atoms with Crippen LogP contribution in [0.15, 0.2) is 12.1 Å². The fourth-order valence-electron chi connectivity index (χ4n) is 2.58. The van der Waals surface area contributed by atoms with Gasteiger partial charge in [0.1, 0.15) is 12.4 Å². The SMILES string of the molecule is OC1(C(F)(F)F)CCNc2ccc3c(c21)NCCO3. The predicted molar refractivity (Wildman–Crippen MR) is 63.5 cm³/mol. The third-order valence-corrected chi connectivity index (χ3v) is 3.51. The van der Waals surface area contributed by atoms with Gasteiger partial charge in [-0.3, -0.25) is 0 Å². The van der Waals surface area contributed by atoms with Crippen molar-refractivity contribution in [2.24, 2.45) is 0 Å². The number of ether oxygens (including phenoxy) is 1. The molecule has 2 aliphatic rings. The quantitative estimate of drug-likeness (QED) is 0.678. The van der Waals surface area contributed by atoms with Crippen molar-refractivity contribution in [3.63, 3.8) is 0 Å². The molecule has 2 aliphatic heterocycles. The first-order valence-corrected chi connectivity index (χ1v) is 6.00. The van der Waals surface area contributed by atoms with Crippen molar-refractivity contribution in [2.75, 3.05) is 30.3 Å². The Hall–Kier alpha value is -1.63. The third kappa shape index (κ3) is 1.72. The zero-order chi connectivity index (χ0) is 13.7. The molecule has 1 unspecified atom stereocenters. The molecule has 1 aromatic rings. The van der Waals surface area contributed by atoms with Crippen LogP contribution in [-0.4, -0.2) is 31.0 Å². The first-order valence-electron chi connectivity index (χ1n) is 6.00. The summed E-state index contributed by atoms with van der Waals surface area (Å²) in [7, 11) is 0. The summed E-state index contributed by atoms with van der Waals surface area (Å²) in [4.78, 5) is 0. The molecular formula is C12H13F3N2O2. The molecule has 3 N–H and O–H groups in total. The van der Waals surface area contributed by atoms with Crippen molar-refractivity contribution in [2.45, 2.75) is 18.2 Å². The highest BCUT2D eigenvalue weighted by atomic mass is 19.4. The molecule has 0 radical (unpaired) electrons. The minimum atomic E-state index is -4.72. The minimum absolute atomic E-state index is 0.0721. The Kier molecular flexibility index (Phi) is 2.57. The second-order valence-corrected chi connectivity index (χ2v) is 4.67. The average Bonchev–Trinajstić information content (AvgIpc) is 2.37. The first-order chi connectivity index (χ1) is 8.93. The lowest BCUT2D eigenvalue weighted by Crippen LogP contribution is -2.47. The second-order valence-electron chi connectivity index (χ2n) is 4.67. The summed E-state index contributed by atoms with van der Waals surface area (Å²) < 4.78 is 45.0. The van der Waals surface area contributed by atoms with E-state index >= 15 is 0 Å². The minimum Gasteiger partial charge on any atom is -0.490 e. The predicted octanol–water partition coefficient (Wildman–Crippen LogP) is 2.06. The van der Waals surface area contributed by atoms with Crippen LogP contribution in [0.1, 0.15) is 12.0 Å². The zero-order valence-corrected chi connectivity index (χ0v) is 9.97. The van der Waals surface area contributed by atoms with Crippen LogP contribution in [0.2, 0.25) is 0 Å².